The summed E-state index contributed by atoms with van der Waals surface area (Å²) in [5.74, 6) is 1.95. The van der Waals surface area contributed by atoms with Gasteiger partial charge in [-0.1, -0.05) is 0 Å². The van der Waals surface area contributed by atoms with Crippen molar-refractivity contribution in [1.29, 1.82) is 0 Å². The van der Waals surface area contributed by atoms with Crippen LogP contribution in [-0.4, -0.2) is 63.3 Å². The Balaban J connectivity index is 1.91. The first kappa shape index (κ1) is 16.6. The molecule has 1 aliphatic rings. The summed E-state index contributed by atoms with van der Waals surface area (Å²) in [6.45, 7) is 2.55. The molecule has 120 valence electrons. The van der Waals surface area contributed by atoms with Crippen LogP contribution >= 0.6 is 0 Å². The summed E-state index contributed by atoms with van der Waals surface area (Å²) in [4.78, 5) is 0. The molecule has 0 radical (unpaired) electrons. The molecular formula is C18H34N2O+2. The Labute approximate surface area is 130 Å². The molecule has 1 heterocycles. The SMILES string of the molecule is C[N+](C)(C)CCC[N+](C)(C)C1CCCC1Cc1ccco1. The second-order valence-electron chi connectivity index (χ2n) is 8.41. The Kier molecular flexibility index (Phi) is 5.15. The van der Waals surface area contributed by atoms with Crippen LogP contribution in [0.5, 0.6) is 0 Å². The number of nitrogens with zero attached hydrogens (tertiary/aromatic N) is 2. The zero-order valence-corrected chi connectivity index (χ0v) is 14.6. The van der Waals surface area contributed by atoms with Gasteiger partial charge in [-0.2, -0.15) is 0 Å². The molecule has 0 amide bonds. The molecule has 3 heteroatoms. The first-order valence-electron chi connectivity index (χ1n) is 8.43. The van der Waals surface area contributed by atoms with E-state index >= 15 is 0 Å². The molecule has 1 aromatic heterocycles. The van der Waals surface area contributed by atoms with Crippen LogP contribution in [-0.2, 0) is 6.42 Å². The minimum atomic E-state index is 0.787. The van der Waals surface area contributed by atoms with E-state index < -0.39 is 0 Å². The van der Waals surface area contributed by atoms with Crippen molar-refractivity contribution in [3.8, 4) is 0 Å². The van der Waals surface area contributed by atoms with Crippen LogP contribution in [0.3, 0.4) is 0 Å². The van der Waals surface area contributed by atoms with Gasteiger partial charge < -0.3 is 13.4 Å². The highest BCUT2D eigenvalue weighted by atomic mass is 16.3. The van der Waals surface area contributed by atoms with E-state index in [-0.39, 0.29) is 0 Å². The highest BCUT2D eigenvalue weighted by Crippen LogP contribution is 2.35. The maximum atomic E-state index is 5.57. The fourth-order valence-electron chi connectivity index (χ4n) is 3.98. The van der Waals surface area contributed by atoms with Crippen molar-refractivity contribution >= 4 is 0 Å². The molecule has 1 fully saturated rings. The maximum absolute atomic E-state index is 5.57. The van der Waals surface area contributed by atoms with E-state index in [0.29, 0.717) is 0 Å². The summed E-state index contributed by atoms with van der Waals surface area (Å²) in [6.07, 6.45) is 8.36. The van der Waals surface area contributed by atoms with Crippen molar-refractivity contribution in [2.75, 3.05) is 48.3 Å². The third-order valence-electron chi connectivity index (χ3n) is 5.12. The molecule has 0 spiro atoms. The molecule has 0 aromatic carbocycles. The van der Waals surface area contributed by atoms with Gasteiger partial charge in [-0.05, 0) is 31.4 Å². The van der Waals surface area contributed by atoms with Crippen LogP contribution in [0.25, 0.3) is 0 Å². The third kappa shape index (κ3) is 4.86. The molecule has 1 aromatic rings. The van der Waals surface area contributed by atoms with Gasteiger partial charge in [0.1, 0.15) is 5.76 Å². The fraction of sp³-hybridized carbons (Fsp3) is 0.778. The van der Waals surface area contributed by atoms with E-state index in [9.17, 15) is 0 Å². The molecular weight excluding hydrogens is 260 g/mol. The first-order chi connectivity index (χ1) is 9.78. The number of furan rings is 1. The molecule has 1 saturated carbocycles. The second-order valence-corrected chi connectivity index (χ2v) is 8.41. The van der Waals surface area contributed by atoms with Crippen molar-refractivity contribution in [2.45, 2.75) is 38.1 Å². The van der Waals surface area contributed by atoms with E-state index in [4.69, 9.17) is 4.42 Å². The van der Waals surface area contributed by atoms with Crippen molar-refractivity contribution in [1.82, 2.24) is 0 Å². The Bertz CT molecular complexity index is 417. The van der Waals surface area contributed by atoms with E-state index in [1.54, 1.807) is 6.26 Å². The molecule has 2 atom stereocenters. The monoisotopic (exact) mass is 294 g/mol. The van der Waals surface area contributed by atoms with Gasteiger partial charge in [-0.25, -0.2) is 0 Å². The van der Waals surface area contributed by atoms with Gasteiger partial charge in [0.05, 0.1) is 60.6 Å². The van der Waals surface area contributed by atoms with Gasteiger partial charge in [0.25, 0.3) is 0 Å². The van der Waals surface area contributed by atoms with Crippen LogP contribution < -0.4 is 0 Å². The Morgan fingerprint density at radius 2 is 1.86 bits per heavy atom. The minimum Gasteiger partial charge on any atom is -0.469 e. The largest absolute Gasteiger partial charge is 0.469 e. The average Bonchev–Trinajstić information content (AvgIpc) is 2.98. The van der Waals surface area contributed by atoms with Crippen LogP contribution in [0.4, 0.5) is 0 Å². The summed E-state index contributed by atoms with van der Waals surface area (Å²) >= 11 is 0. The normalized spacial score (nSPS) is 23.7. The lowest BCUT2D eigenvalue weighted by atomic mass is 9.95. The van der Waals surface area contributed by atoms with E-state index in [2.05, 4.69) is 41.3 Å². The minimum absolute atomic E-state index is 0.787. The van der Waals surface area contributed by atoms with Crippen molar-refractivity contribution in [3.05, 3.63) is 24.2 Å². The Hall–Kier alpha value is -0.800. The zero-order valence-electron chi connectivity index (χ0n) is 14.6. The summed E-state index contributed by atoms with van der Waals surface area (Å²) in [5, 5.41) is 0. The molecule has 21 heavy (non-hydrogen) atoms. The van der Waals surface area contributed by atoms with E-state index in [1.807, 2.05) is 6.07 Å². The molecule has 0 bridgehead atoms. The van der Waals surface area contributed by atoms with Gasteiger partial charge in [0, 0.05) is 18.8 Å². The number of hydrogen-bond acceptors (Lipinski definition) is 1. The first-order valence-corrected chi connectivity index (χ1v) is 8.43. The van der Waals surface area contributed by atoms with Gasteiger partial charge >= 0.3 is 0 Å². The fourth-order valence-corrected chi connectivity index (χ4v) is 3.98. The van der Waals surface area contributed by atoms with Gasteiger partial charge in [0.15, 0.2) is 0 Å². The number of hydrogen-bond donors (Lipinski definition) is 0. The lowest BCUT2D eigenvalue weighted by Gasteiger charge is -2.40. The zero-order chi connectivity index (χ0) is 15.5. The van der Waals surface area contributed by atoms with Crippen molar-refractivity contribution in [2.24, 2.45) is 5.92 Å². The van der Waals surface area contributed by atoms with Gasteiger partial charge in [0.2, 0.25) is 0 Å². The molecule has 0 aliphatic heterocycles. The lowest BCUT2D eigenvalue weighted by molar-refractivity contribution is -0.924. The number of quaternary nitrogens is 2. The third-order valence-corrected chi connectivity index (χ3v) is 5.12. The van der Waals surface area contributed by atoms with Crippen LogP contribution in [0.1, 0.15) is 31.4 Å². The second kappa shape index (κ2) is 6.53. The molecule has 3 nitrogen and oxygen atoms in total. The average molecular weight is 294 g/mol. The van der Waals surface area contributed by atoms with Gasteiger partial charge in [-0.15, -0.1) is 0 Å². The predicted molar refractivity (Wildman–Crippen MR) is 88.0 cm³/mol. The topological polar surface area (TPSA) is 13.1 Å². The Morgan fingerprint density at radius 1 is 1.10 bits per heavy atom. The van der Waals surface area contributed by atoms with Crippen LogP contribution in [0.2, 0.25) is 0 Å². The Morgan fingerprint density at radius 3 is 2.48 bits per heavy atom. The summed E-state index contributed by atoms with van der Waals surface area (Å²) in [7, 11) is 11.7. The molecule has 0 saturated heterocycles. The maximum Gasteiger partial charge on any atom is 0.104 e. The summed E-state index contributed by atoms with van der Waals surface area (Å²) < 4.78 is 7.81. The number of rotatable bonds is 7. The van der Waals surface area contributed by atoms with Crippen LogP contribution in [0.15, 0.2) is 22.8 Å². The van der Waals surface area contributed by atoms with Gasteiger partial charge in [-0.3, -0.25) is 0 Å². The highest BCUT2D eigenvalue weighted by Gasteiger charge is 2.39. The summed E-state index contributed by atoms with van der Waals surface area (Å²) in [6, 6.07) is 4.94. The molecule has 2 unspecified atom stereocenters. The summed E-state index contributed by atoms with van der Waals surface area (Å²) in [5.41, 5.74) is 0. The molecule has 2 rings (SSSR count). The molecule has 0 N–H and O–H groups in total. The van der Waals surface area contributed by atoms with E-state index in [0.717, 1.165) is 22.9 Å². The standard InChI is InChI=1S/C18H34N2O/c1-19(2,3)12-8-13-20(4,5)18-11-6-9-16(18)15-17-10-7-14-21-17/h7,10,14,16,18H,6,8-9,11-13,15H2,1-5H3/q+2. The highest BCUT2D eigenvalue weighted by molar-refractivity contribution is 5.01. The lowest BCUT2D eigenvalue weighted by Crippen LogP contribution is -2.52. The van der Waals surface area contributed by atoms with Crippen LogP contribution in [0, 0.1) is 5.92 Å². The smallest absolute Gasteiger partial charge is 0.104 e. The quantitative estimate of drug-likeness (QED) is 0.704. The predicted octanol–water partition coefficient (Wildman–Crippen LogP) is 3.16. The van der Waals surface area contributed by atoms with Crippen molar-refractivity contribution in [3.63, 3.8) is 0 Å². The van der Waals surface area contributed by atoms with E-state index in [1.165, 1.54) is 49.0 Å². The van der Waals surface area contributed by atoms with Crippen molar-refractivity contribution < 1.29 is 13.4 Å². The molecule has 1 aliphatic carbocycles.